The highest BCUT2D eigenvalue weighted by atomic mass is 19.4. The number of rotatable bonds is 7. The second kappa shape index (κ2) is 7.28. The van der Waals surface area contributed by atoms with Crippen LogP contribution in [0.2, 0.25) is 0 Å². The van der Waals surface area contributed by atoms with Gasteiger partial charge in [-0.2, -0.15) is 13.2 Å². The Kier molecular flexibility index (Phi) is 6.00. The van der Waals surface area contributed by atoms with Crippen LogP contribution in [-0.2, 0) is 11.3 Å². The molecule has 0 unspecified atom stereocenters. The van der Waals surface area contributed by atoms with Gasteiger partial charge in [0, 0.05) is 26.3 Å². The first-order valence-corrected chi connectivity index (χ1v) is 6.32. The van der Waals surface area contributed by atoms with Crippen molar-refractivity contribution in [3.8, 4) is 0 Å². The van der Waals surface area contributed by atoms with Gasteiger partial charge in [-0.1, -0.05) is 0 Å². The number of nitrogens with zero attached hydrogens (tertiary/aromatic N) is 3. The van der Waals surface area contributed by atoms with Gasteiger partial charge in [-0.15, -0.1) is 0 Å². The smallest absolute Gasteiger partial charge is 0.377 e. The quantitative estimate of drug-likeness (QED) is 0.836. The summed E-state index contributed by atoms with van der Waals surface area (Å²) in [6.45, 7) is 3.46. The van der Waals surface area contributed by atoms with E-state index in [9.17, 15) is 13.2 Å². The number of halogens is 3. The topological polar surface area (TPSA) is 50.3 Å². The summed E-state index contributed by atoms with van der Waals surface area (Å²) in [5.74, 6) is 1.08. The van der Waals surface area contributed by atoms with Gasteiger partial charge >= 0.3 is 6.18 Å². The summed E-state index contributed by atoms with van der Waals surface area (Å²) < 4.78 is 42.6. The number of ether oxygens (including phenoxy) is 1. The Balaban J connectivity index is 3.06. The van der Waals surface area contributed by atoms with Crippen LogP contribution in [0.4, 0.5) is 24.8 Å². The number of alkyl halides is 3. The number of anilines is 2. The lowest BCUT2D eigenvalue weighted by Crippen LogP contribution is -2.35. The molecule has 20 heavy (non-hydrogen) atoms. The van der Waals surface area contributed by atoms with E-state index in [2.05, 4.69) is 15.3 Å². The first-order chi connectivity index (χ1) is 9.39. The Morgan fingerprint density at radius 1 is 1.30 bits per heavy atom. The molecule has 0 saturated carbocycles. The van der Waals surface area contributed by atoms with Crippen molar-refractivity contribution in [3.63, 3.8) is 0 Å². The van der Waals surface area contributed by atoms with Gasteiger partial charge in [-0.25, -0.2) is 9.97 Å². The lowest BCUT2D eigenvalue weighted by molar-refractivity contribution is -0.119. The molecule has 0 bridgehead atoms. The zero-order valence-electron chi connectivity index (χ0n) is 11.8. The molecule has 0 spiro atoms. The number of methoxy groups -OCH3 is 1. The molecule has 1 aromatic heterocycles. The molecule has 0 amide bonds. The van der Waals surface area contributed by atoms with Gasteiger partial charge in [0.05, 0.1) is 0 Å². The number of hydrogen-bond donors (Lipinski definition) is 1. The Labute approximate surface area is 116 Å². The Hall–Kier alpha value is -1.57. The highest BCUT2D eigenvalue weighted by Crippen LogP contribution is 2.22. The molecule has 0 aliphatic heterocycles. The van der Waals surface area contributed by atoms with Gasteiger partial charge in [0.15, 0.2) is 5.82 Å². The summed E-state index contributed by atoms with van der Waals surface area (Å²) in [6, 6.07) is 1.51. The largest absolute Gasteiger partial charge is 0.405 e. The van der Waals surface area contributed by atoms with Crippen LogP contribution in [0.3, 0.4) is 0 Å². The lowest BCUT2D eigenvalue weighted by atomic mass is 10.4. The summed E-state index contributed by atoms with van der Waals surface area (Å²) in [5, 5.41) is 2.97. The molecule has 114 valence electrons. The molecule has 1 rings (SSSR count). The molecular formula is C12H19F3N4O. The van der Waals surface area contributed by atoms with Crippen LogP contribution in [0, 0.1) is 0 Å². The summed E-state index contributed by atoms with van der Waals surface area (Å²) >= 11 is 0. The standard InChI is InChI=1S/C12H19F3N4O/c1-4-16-9-6-11(18-10(17-9)7-20-3)19(5-2)8-12(13,14)15/h6H,4-5,7-8H2,1-3H3,(H,16,17,18). The van der Waals surface area contributed by atoms with E-state index in [4.69, 9.17) is 4.74 Å². The fourth-order valence-electron chi connectivity index (χ4n) is 1.68. The van der Waals surface area contributed by atoms with Crippen molar-refractivity contribution in [2.75, 3.05) is 37.0 Å². The normalized spacial score (nSPS) is 11.5. The minimum atomic E-state index is -4.28. The van der Waals surface area contributed by atoms with E-state index in [1.54, 1.807) is 6.92 Å². The van der Waals surface area contributed by atoms with Gasteiger partial charge in [0.2, 0.25) is 0 Å². The van der Waals surface area contributed by atoms with Crippen LogP contribution >= 0.6 is 0 Å². The molecule has 1 aromatic rings. The molecule has 0 aromatic carbocycles. The summed E-state index contributed by atoms with van der Waals surface area (Å²) in [7, 11) is 1.48. The third-order valence-electron chi connectivity index (χ3n) is 2.47. The second-order valence-corrected chi connectivity index (χ2v) is 4.12. The Bertz CT molecular complexity index is 401. The SMILES string of the molecule is CCNc1cc(N(CC)CC(F)(F)F)nc(COC)n1. The molecule has 0 fully saturated rings. The zero-order valence-corrected chi connectivity index (χ0v) is 11.8. The number of aromatic nitrogens is 2. The lowest BCUT2D eigenvalue weighted by Gasteiger charge is -2.24. The maximum atomic E-state index is 12.6. The van der Waals surface area contributed by atoms with Crippen LogP contribution in [0.25, 0.3) is 0 Å². The maximum Gasteiger partial charge on any atom is 0.405 e. The van der Waals surface area contributed by atoms with E-state index >= 15 is 0 Å². The predicted octanol–water partition coefficient (Wildman–Crippen LogP) is 2.44. The Morgan fingerprint density at radius 2 is 2.00 bits per heavy atom. The average Bonchev–Trinajstić information content (AvgIpc) is 2.35. The van der Waals surface area contributed by atoms with Crippen molar-refractivity contribution in [1.29, 1.82) is 0 Å². The molecule has 0 saturated heterocycles. The van der Waals surface area contributed by atoms with E-state index in [0.29, 0.717) is 18.2 Å². The molecule has 1 N–H and O–H groups in total. The van der Waals surface area contributed by atoms with E-state index in [1.807, 2.05) is 6.92 Å². The highest BCUT2D eigenvalue weighted by molar-refractivity contribution is 5.49. The van der Waals surface area contributed by atoms with Gasteiger partial charge in [0.1, 0.15) is 24.8 Å². The first kappa shape index (κ1) is 16.5. The van der Waals surface area contributed by atoms with Crippen LogP contribution in [0.1, 0.15) is 19.7 Å². The average molecular weight is 292 g/mol. The molecule has 5 nitrogen and oxygen atoms in total. The summed E-state index contributed by atoms with van der Waals surface area (Å²) in [4.78, 5) is 9.44. The van der Waals surface area contributed by atoms with Crippen molar-refractivity contribution in [1.82, 2.24) is 9.97 Å². The molecule has 0 radical (unpaired) electrons. The Morgan fingerprint density at radius 3 is 2.50 bits per heavy atom. The summed E-state index contributed by atoms with van der Waals surface area (Å²) in [6.07, 6.45) is -4.28. The summed E-state index contributed by atoms with van der Waals surface area (Å²) in [5.41, 5.74) is 0. The van der Waals surface area contributed by atoms with E-state index in [-0.39, 0.29) is 19.0 Å². The maximum absolute atomic E-state index is 12.6. The van der Waals surface area contributed by atoms with Crippen LogP contribution in [-0.4, -0.2) is 42.9 Å². The van der Waals surface area contributed by atoms with Crippen LogP contribution < -0.4 is 10.2 Å². The molecule has 0 aliphatic carbocycles. The molecular weight excluding hydrogens is 273 g/mol. The van der Waals surface area contributed by atoms with Gasteiger partial charge in [0.25, 0.3) is 0 Å². The third-order valence-corrected chi connectivity index (χ3v) is 2.47. The fraction of sp³-hybridized carbons (Fsp3) is 0.667. The third kappa shape index (κ3) is 5.20. The molecule has 0 aliphatic rings. The zero-order chi connectivity index (χ0) is 15.2. The van der Waals surface area contributed by atoms with Gasteiger partial charge < -0.3 is 15.0 Å². The van der Waals surface area contributed by atoms with Crippen molar-refractivity contribution in [3.05, 3.63) is 11.9 Å². The first-order valence-electron chi connectivity index (χ1n) is 6.32. The number of hydrogen-bond acceptors (Lipinski definition) is 5. The predicted molar refractivity (Wildman–Crippen MR) is 70.9 cm³/mol. The fourth-order valence-corrected chi connectivity index (χ4v) is 1.68. The van der Waals surface area contributed by atoms with E-state index in [1.165, 1.54) is 13.2 Å². The van der Waals surface area contributed by atoms with Crippen molar-refractivity contribution in [2.45, 2.75) is 26.6 Å². The van der Waals surface area contributed by atoms with Gasteiger partial charge in [-0.05, 0) is 13.8 Å². The van der Waals surface area contributed by atoms with Crippen LogP contribution in [0.15, 0.2) is 6.07 Å². The van der Waals surface area contributed by atoms with Crippen molar-refractivity contribution in [2.24, 2.45) is 0 Å². The molecule has 0 atom stereocenters. The van der Waals surface area contributed by atoms with Crippen molar-refractivity contribution < 1.29 is 17.9 Å². The minimum Gasteiger partial charge on any atom is -0.377 e. The highest BCUT2D eigenvalue weighted by Gasteiger charge is 2.31. The monoisotopic (exact) mass is 292 g/mol. The van der Waals surface area contributed by atoms with Crippen molar-refractivity contribution >= 4 is 11.6 Å². The molecule has 8 heteroatoms. The number of nitrogens with one attached hydrogen (secondary N) is 1. The second-order valence-electron chi connectivity index (χ2n) is 4.12. The van der Waals surface area contributed by atoms with E-state index in [0.717, 1.165) is 4.90 Å². The molecule has 1 heterocycles. The minimum absolute atomic E-state index is 0.149. The van der Waals surface area contributed by atoms with E-state index < -0.39 is 12.7 Å². The van der Waals surface area contributed by atoms with Crippen LogP contribution in [0.5, 0.6) is 0 Å². The van der Waals surface area contributed by atoms with Gasteiger partial charge in [-0.3, -0.25) is 0 Å².